The number of aromatic nitrogens is 2. The molecule has 3 aromatic rings. The van der Waals surface area contributed by atoms with Crippen LogP contribution in [0.4, 0.5) is 5.82 Å². The first kappa shape index (κ1) is 19.8. The SMILES string of the molecule is O=C(/C=C/c1ccccc1Cl)Nc1nn(Cc2ccc(Cl)cc2Cl)cc1Cl. The fraction of sp³-hybridized carbons (Fsp3) is 0.0526. The molecule has 138 valence electrons. The highest BCUT2D eigenvalue weighted by molar-refractivity contribution is 6.35. The van der Waals surface area contributed by atoms with Gasteiger partial charge in [0.05, 0.1) is 6.54 Å². The minimum Gasteiger partial charge on any atom is -0.304 e. The van der Waals surface area contributed by atoms with Crippen molar-refractivity contribution >= 4 is 64.2 Å². The number of anilines is 1. The number of carbonyl (C=O) groups excluding carboxylic acids is 1. The Balaban J connectivity index is 1.69. The summed E-state index contributed by atoms with van der Waals surface area (Å²) in [6.45, 7) is 0.390. The van der Waals surface area contributed by atoms with E-state index >= 15 is 0 Å². The summed E-state index contributed by atoms with van der Waals surface area (Å²) in [4.78, 5) is 12.1. The molecule has 1 aromatic heterocycles. The lowest BCUT2D eigenvalue weighted by Crippen LogP contribution is -2.09. The molecule has 0 atom stereocenters. The van der Waals surface area contributed by atoms with Gasteiger partial charge >= 0.3 is 0 Å². The monoisotopic (exact) mass is 439 g/mol. The number of nitrogens with zero attached hydrogens (tertiary/aromatic N) is 2. The molecule has 0 spiro atoms. The maximum Gasteiger partial charge on any atom is 0.249 e. The topological polar surface area (TPSA) is 46.9 Å². The number of amides is 1. The van der Waals surface area contributed by atoms with E-state index in [0.717, 1.165) is 11.1 Å². The van der Waals surface area contributed by atoms with Gasteiger partial charge in [0.25, 0.3) is 0 Å². The molecule has 3 rings (SSSR count). The molecule has 1 heterocycles. The van der Waals surface area contributed by atoms with Gasteiger partial charge in [-0.2, -0.15) is 5.10 Å². The fourth-order valence-electron chi connectivity index (χ4n) is 2.32. The van der Waals surface area contributed by atoms with E-state index in [-0.39, 0.29) is 11.7 Å². The highest BCUT2D eigenvalue weighted by Gasteiger charge is 2.11. The number of rotatable bonds is 5. The first-order valence-electron chi connectivity index (χ1n) is 7.83. The van der Waals surface area contributed by atoms with Crippen LogP contribution < -0.4 is 5.32 Å². The maximum absolute atomic E-state index is 12.1. The van der Waals surface area contributed by atoms with E-state index < -0.39 is 0 Å². The molecule has 0 saturated heterocycles. The molecule has 27 heavy (non-hydrogen) atoms. The van der Waals surface area contributed by atoms with E-state index in [1.807, 2.05) is 24.3 Å². The lowest BCUT2D eigenvalue weighted by molar-refractivity contribution is -0.111. The zero-order valence-corrected chi connectivity index (χ0v) is 16.8. The molecule has 0 aliphatic heterocycles. The summed E-state index contributed by atoms with van der Waals surface area (Å²) in [7, 11) is 0. The summed E-state index contributed by atoms with van der Waals surface area (Å²) in [6, 6.07) is 12.4. The van der Waals surface area contributed by atoms with E-state index in [0.29, 0.717) is 26.6 Å². The molecule has 0 aliphatic carbocycles. The van der Waals surface area contributed by atoms with Crippen LogP contribution in [0.25, 0.3) is 6.08 Å². The van der Waals surface area contributed by atoms with Gasteiger partial charge in [-0.3, -0.25) is 9.48 Å². The van der Waals surface area contributed by atoms with Gasteiger partial charge in [0.1, 0.15) is 5.02 Å². The van der Waals surface area contributed by atoms with Crippen LogP contribution in [0.15, 0.2) is 54.7 Å². The maximum atomic E-state index is 12.1. The lowest BCUT2D eigenvalue weighted by Gasteiger charge is -2.05. The Labute approximate surface area is 176 Å². The van der Waals surface area contributed by atoms with E-state index in [1.54, 1.807) is 35.2 Å². The number of hydrogen-bond acceptors (Lipinski definition) is 2. The second-order valence-corrected chi connectivity index (χ2v) is 7.26. The molecule has 1 amide bonds. The van der Waals surface area contributed by atoms with Gasteiger partial charge < -0.3 is 5.32 Å². The van der Waals surface area contributed by atoms with Crippen molar-refractivity contribution in [1.82, 2.24) is 9.78 Å². The van der Waals surface area contributed by atoms with Gasteiger partial charge in [0.15, 0.2) is 5.82 Å². The number of nitrogens with one attached hydrogen (secondary N) is 1. The van der Waals surface area contributed by atoms with Crippen molar-refractivity contribution < 1.29 is 4.79 Å². The third kappa shape index (κ3) is 5.27. The minimum absolute atomic E-state index is 0.260. The second kappa shape index (κ2) is 8.81. The Morgan fingerprint density at radius 1 is 1.04 bits per heavy atom. The predicted molar refractivity (Wildman–Crippen MR) is 112 cm³/mol. The Kier molecular flexibility index (Phi) is 6.45. The van der Waals surface area contributed by atoms with Gasteiger partial charge in [-0.1, -0.05) is 70.7 Å². The minimum atomic E-state index is -0.369. The normalized spacial score (nSPS) is 11.1. The standard InChI is InChI=1S/C19H13Cl4N3O/c20-14-7-5-13(16(22)9-14)10-26-11-17(23)19(25-26)24-18(27)8-6-12-3-1-2-4-15(12)21/h1-9,11H,10H2,(H,24,25,27)/b8-6+. The zero-order chi connectivity index (χ0) is 19.4. The van der Waals surface area contributed by atoms with Crippen molar-refractivity contribution in [2.24, 2.45) is 0 Å². The molecule has 4 nitrogen and oxygen atoms in total. The molecular weight excluding hydrogens is 428 g/mol. The Morgan fingerprint density at radius 3 is 2.56 bits per heavy atom. The molecule has 0 unspecified atom stereocenters. The molecule has 0 fully saturated rings. The highest BCUT2D eigenvalue weighted by atomic mass is 35.5. The van der Waals surface area contributed by atoms with Gasteiger partial charge in [-0.05, 0) is 35.4 Å². The number of hydrogen-bond donors (Lipinski definition) is 1. The van der Waals surface area contributed by atoms with Crippen molar-refractivity contribution in [3.05, 3.63) is 86.0 Å². The van der Waals surface area contributed by atoms with Crippen LogP contribution >= 0.6 is 46.4 Å². The summed E-state index contributed by atoms with van der Waals surface area (Å²) < 4.78 is 1.59. The predicted octanol–water partition coefficient (Wildman–Crippen LogP) is 6.20. The Hall–Kier alpha value is -1.98. The van der Waals surface area contributed by atoms with Crippen LogP contribution in [0, 0.1) is 0 Å². The van der Waals surface area contributed by atoms with Crippen LogP contribution in [0.2, 0.25) is 20.1 Å². The van der Waals surface area contributed by atoms with Crippen LogP contribution in [0.1, 0.15) is 11.1 Å². The van der Waals surface area contributed by atoms with Crippen molar-refractivity contribution in [2.75, 3.05) is 5.32 Å². The molecule has 8 heteroatoms. The molecule has 0 bridgehead atoms. The summed E-state index contributed by atoms with van der Waals surface area (Å²) in [5.41, 5.74) is 1.57. The quantitative estimate of drug-likeness (QED) is 0.480. The zero-order valence-electron chi connectivity index (χ0n) is 13.8. The van der Waals surface area contributed by atoms with E-state index in [9.17, 15) is 4.79 Å². The molecular formula is C19H13Cl4N3O. The smallest absolute Gasteiger partial charge is 0.249 e. The average molecular weight is 441 g/mol. The Morgan fingerprint density at radius 2 is 1.81 bits per heavy atom. The van der Waals surface area contributed by atoms with Gasteiger partial charge in [-0.15, -0.1) is 0 Å². The molecule has 0 aliphatic rings. The van der Waals surface area contributed by atoms with Crippen molar-refractivity contribution in [3.63, 3.8) is 0 Å². The third-order valence-electron chi connectivity index (χ3n) is 3.63. The molecule has 2 aromatic carbocycles. The van der Waals surface area contributed by atoms with Crippen molar-refractivity contribution in [2.45, 2.75) is 6.54 Å². The van der Waals surface area contributed by atoms with E-state index in [4.69, 9.17) is 46.4 Å². The van der Waals surface area contributed by atoms with Crippen LogP contribution in [-0.4, -0.2) is 15.7 Å². The molecule has 0 saturated carbocycles. The Bertz CT molecular complexity index is 1010. The summed E-state index contributed by atoms with van der Waals surface area (Å²) >= 11 is 24.3. The van der Waals surface area contributed by atoms with E-state index in [1.165, 1.54) is 6.08 Å². The van der Waals surface area contributed by atoms with E-state index in [2.05, 4.69) is 10.4 Å². The number of carbonyl (C=O) groups is 1. The third-order valence-corrected chi connectivity index (χ3v) is 4.83. The van der Waals surface area contributed by atoms with Crippen molar-refractivity contribution in [1.29, 1.82) is 0 Å². The first-order valence-corrected chi connectivity index (χ1v) is 9.34. The number of benzene rings is 2. The lowest BCUT2D eigenvalue weighted by atomic mass is 10.2. The first-order chi connectivity index (χ1) is 12.9. The van der Waals surface area contributed by atoms with Gasteiger partial charge in [0.2, 0.25) is 5.91 Å². The van der Waals surface area contributed by atoms with Crippen LogP contribution in [-0.2, 0) is 11.3 Å². The average Bonchev–Trinajstić information content (AvgIpc) is 2.96. The highest BCUT2D eigenvalue weighted by Crippen LogP contribution is 2.24. The molecule has 0 radical (unpaired) electrons. The molecule has 1 N–H and O–H groups in total. The fourth-order valence-corrected chi connectivity index (χ4v) is 3.19. The van der Waals surface area contributed by atoms with Crippen LogP contribution in [0.5, 0.6) is 0 Å². The number of halogens is 4. The largest absolute Gasteiger partial charge is 0.304 e. The van der Waals surface area contributed by atoms with Crippen molar-refractivity contribution in [3.8, 4) is 0 Å². The van der Waals surface area contributed by atoms with Gasteiger partial charge in [0, 0.05) is 27.3 Å². The summed E-state index contributed by atoms with van der Waals surface area (Å²) in [6.07, 6.45) is 4.60. The summed E-state index contributed by atoms with van der Waals surface area (Å²) in [5, 5.41) is 8.89. The van der Waals surface area contributed by atoms with Gasteiger partial charge in [-0.25, -0.2) is 0 Å². The summed E-state index contributed by atoms with van der Waals surface area (Å²) in [5.74, 6) is -0.109. The second-order valence-electron chi connectivity index (χ2n) is 5.60. The van der Waals surface area contributed by atoms with Crippen LogP contribution in [0.3, 0.4) is 0 Å².